The second kappa shape index (κ2) is 5.92. The predicted molar refractivity (Wildman–Crippen MR) is 99.1 cm³/mol. The van der Waals surface area contributed by atoms with Crippen molar-refractivity contribution >= 4 is 52.1 Å². The Kier molecular flexibility index (Phi) is 3.87. The largest absolute Gasteiger partial charge is 0.269 e. The third kappa shape index (κ3) is 2.53. The first kappa shape index (κ1) is 15.7. The molecule has 0 unspecified atom stereocenters. The Bertz CT molecular complexity index is 1070. The molecule has 2 heterocycles. The Balaban J connectivity index is 1.96. The van der Waals surface area contributed by atoms with Crippen LogP contribution in [-0.4, -0.2) is 9.38 Å². The highest BCUT2D eigenvalue weighted by Crippen LogP contribution is 2.33. The van der Waals surface area contributed by atoms with Crippen molar-refractivity contribution in [2.24, 2.45) is 0 Å². The van der Waals surface area contributed by atoms with Gasteiger partial charge in [0.05, 0.1) is 15.7 Å². The van der Waals surface area contributed by atoms with Crippen LogP contribution in [0.3, 0.4) is 0 Å². The van der Waals surface area contributed by atoms with Crippen LogP contribution in [0.25, 0.3) is 17.3 Å². The van der Waals surface area contributed by atoms with E-state index in [1.165, 1.54) is 4.40 Å². The second-order valence-electron chi connectivity index (χ2n) is 5.64. The molecule has 0 spiro atoms. The SMILES string of the molecule is O=c1c2c(nc3c(Cl)cc(Cl)cn13)C(=Cc1ccccc1Cl)CC2. The van der Waals surface area contributed by atoms with Gasteiger partial charge in [-0.1, -0.05) is 53.0 Å². The third-order valence-corrected chi connectivity index (χ3v) is 4.95. The molecule has 0 bridgehead atoms. The van der Waals surface area contributed by atoms with E-state index in [-0.39, 0.29) is 5.56 Å². The first-order valence-corrected chi connectivity index (χ1v) is 8.54. The van der Waals surface area contributed by atoms with Gasteiger partial charge in [-0.3, -0.25) is 9.20 Å². The molecule has 0 radical (unpaired) electrons. The number of nitrogens with zero attached hydrogens (tertiary/aromatic N) is 2. The number of aromatic nitrogens is 2. The molecule has 1 aliphatic rings. The molecule has 1 aliphatic carbocycles. The van der Waals surface area contributed by atoms with Gasteiger partial charge in [-0.05, 0) is 42.2 Å². The van der Waals surface area contributed by atoms with Gasteiger partial charge in [-0.25, -0.2) is 4.98 Å². The molecule has 0 aliphatic heterocycles. The van der Waals surface area contributed by atoms with Gasteiger partial charge in [-0.2, -0.15) is 0 Å². The minimum Gasteiger partial charge on any atom is -0.269 e. The second-order valence-corrected chi connectivity index (χ2v) is 6.89. The van der Waals surface area contributed by atoms with Crippen LogP contribution in [0.15, 0.2) is 41.3 Å². The molecule has 3 aromatic rings. The lowest BCUT2D eigenvalue weighted by Crippen LogP contribution is -2.20. The number of hydrogen-bond donors (Lipinski definition) is 0. The first-order valence-electron chi connectivity index (χ1n) is 7.40. The van der Waals surface area contributed by atoms with E-state index < -0.39 is 0 Å². The van der Waals surface area contributed by atoms with Gasteiger partial charge in [-0.15, -0.1) is 0 Å². The molecular weight excluding hydrogens is 367 g/mol. The molecular formula is C18H11Cl3N2O. The number of pyridine rings is 1. The highest BCUT2D eigenvalue weighted by molar-refractivity contribution is 6.36. The Hall–Kier alpha value is -1.81. The molecule has 0 atom stereocenters. The summed E-state index contributed by atoms with van der Waals surface area (Å²) in [5.74, 6) is 0. The Labute approximate surface area is 153 Å². The summed E-state index contributed by atoms with van der Waals surface area (Å²) in [6.07, 6.45) is 4.92. The van der Waals surface area contributed by atoms with Gasteiger partial charge < -0.3 is 0 Å². The molecule has 3 nitrogen and oxygen atoms in total. The van der Waals surface area contributed by atoms with E-state index in [0.717, 1.165) is 17.6 Å². The third-order valence-electron chi connectivity index (χ3n) is 4.12. The topological polar surface area (TPSA) is 34.4 Å². The van der Waals surface area contributed by atoms with E-state index in [2.05, 4.69) is 4.98 Å². The molecule has 4 rings (SSSR count). The summed E-state index contributed by atoms with van der Waals surface area (Å²) < 4.78 is 1.42. The summed E-state index contributed by atoms with van der Waals surface area (Å²) in [7, 11) is 0. The first-order chi connectivity index (χ1) is 11.5. The van der Waals surface area contributed by atoms with Crippen LogP contribution in [-0.2, 0) is 6.42 Å². The molecule has 0 amide bonds. The van der Waals surface area contributed by atoms with E-state index in [4.69, 9.17) is 34.8 Å². The van der Waals surface area contributed by atoms with E-state index in [0.29, 0.717) is 38.4 Å². The maximum Gasteiger partial charge on any atom is 0.261 e. The molecule has 0 saturated heterocycles. The molecule has 0 saturated carbocycles. The standard InChI is InChI=1S/C18H11Cl3N2O/c19-12-8-15(21)17-22-16-11(7-10-3-1-2-4-14(10)20)5-6-13(16)18(24)23(17)9-12/h1-4,7-9H,5-6H2. The minimum atomic E-state index is -0.123. The van der Waals surface area contributed by atoms with Crippen LogP contribution < -0.4 is 5.56 Å². The monoisotopic (exact) mass is 376 g/mol. The van der Waals surface area contributed by atoms with Crippen molar-refractivity contribution < 1.29 is 0 Å². The van der Waals surface area contributed by atoms with Crippen molar-refractivity contribution in [3.63, 3.8) is 0 Å². The summed E-state index contributed by atoms with van der Waals surface area (Å²) in [6.45, 7) is 0. The van der Waals surface area contributed by atoms with Crippen LogP contribution >= 0.6 is 34.8 Å². The highest BCUT2D eigenvalue weighted by Gasteiger charge is 2.23. The zero-order valence-electron chi connectivity index (χ0n) is 12.4. The van der Waals surface area contributed by atoms with Gasteiger partial charge >= 0.3 is 0 Å². The molecule has 1 aromatic carbocycles. The molecule has 120 valence electrons. The molecule has 6 heteroatoms. The number of hydrogen-bond acceptors (Lipinski definition) is 2. The fourth-order valence-electron chi connectivity index (χ4n) is 2.99. The summed E-state index contributed by atoms with van der Waals surface area (Å²) in [5.41, 5.74) is 3.57. The van der Waals surface area contributed by atoms with Crippen molar-refractivity contribution in [1.29, 1.82) is 0 Å². The number of benzene rings is 1. The van der Waals surface area contributed by atoms with Crippen LogP contribution in [0.2, 0.25) is 15.1 Å². The van der Waals surface area contributed by atoms with Gasteiger partial charge in [0.2, 0.25) is 0 Å². The molecule has 2 aromatic heterocycles. The van der Waals surface area contributed by atoms with Crippen LogP contribution in [0.5, 0.6) is 0 Å². The number of fused-ring (bicyclic) bond motifs is 2. The highest BCUT2D eigenvalue weighted by atomic mass is 35.5. The average molecular weight is 378 g/mol. The zero-order valence-corrected chi connectivity index (χ0v) is 14.7. The molecule has 0 N–H and O–H groups in total. The smallest absolute Gasteiger partial charge is 0.261 e. The summed E-state index contributed by atoms with van der Waals surface area (Å²) in [6, 6.07) is 9.17. The summed E-state index contributed by atoms with van der Waals surface area (Å²) in [5, 5.41) is 1.42. The van der Waals surface area contributed by atoms with E-state index >= 15 is 0 Å². The lowest BCUT2D eigenvalue weighted by molar-refractivity contribution is 0.971. The Morgan fingerprint density at radius 3 is 2.67 bits per heavy atom. The fourth-order valence-corrected chi connectivity index (χ4v) is 3.70. The Morgan fingerprint density at radius 1 is 1.08 bits per heavy atom. The van der Waals surface area contributed by atoms with Crippen LogP contribution in [0.4, 0.5) is 0 Å². The lowest BCUT2D eigenvalue weighted by atomic mass is 10.1. The molecule has 24 heavy (non-hydrogen) atoms. The zero-order chi connectivity index (χ0) is 16.8. The van der Waals surface area contributed by atoms with Crippen molar-refractivity contribution in [2.45, 2.75) is 12.8 Å². The van der Waals surface area contributed by atoms with Crippen molar-refractivity contribution in [2.75, 3.05) is 0 Å². The van der Waals surface area contributed by atoms with E-state index in [1.807, 2.05) is 30.3 Å². The summed E-state index contributed by atoms with van der Waals surface area (Å²) in [4.78, 5) is 17.4. The Morgan fingerprint density at radius 2 is 1.88 bits per heavy atom. The van der Waals surface area contributed by atoms with Crippen LogP contribution in [0, 0.1) is 0 Å². The fraction of sp³-hybridized carbons (Fsp3) is 0.111. The number of allylic oxidation sites excluding steroid dienone is 1. The van der Waals surface area contributed by atoms with Crippen molar-refractivity contribution in [1.82, 2.24) is 9.38 Å². The van der Waals surface area contributed by atoms with Crippen molar-refractivity contribution in [3.8, 4) is 0 Å². The average Bonchev–Trinajstić information content (AvgIpc) is 2.94. The molecule has 0 fully saturated rings. The summed E-state index contributed by atoms with van der Waals surface area (Å²) >= 11 is 18.5. The maximum absolute atomic E-state index is 12.7. The quantitative estimate of drug-likeness (QED) is 0.588. The van der Waals surface area contributed by atoms with Crippen LogP contribution in [0.1, 0.15) is 23.2 Å². The van der Waals surface area contributed by atoms with Gasteiger partial charge in [0.1, 0.15) is 0 Å². The van der Waals surface area contributed by atoms with Gasteiger partial charge in [0, 0.05) is 16.8 Å². The normalized spacial score (nSPS) is 15.2. The van der Waals surface area contributed by atoms with E-state index in [1.54, 1.807) is 12.3 Å². The maximum atomic E-state index is 12.7. The van der Waals surface area contributed by atoms with Crippen molar-refractivity contribution in [3.05, 3.63) is 78.8 Å². The van der Waals surface area contributed by atoms with E-state index in [9.17, 15) is 4.79 Å². The van der Waals surface area contributed by atoms with Gasteiger partial charge in [0.15, 0.2) is 5.65 Å². The predicted octanol–water partition coefficient (Wildman–Crippen LogP) is 5.14. The van der Waals surface area contributed by atoms with Gasteiger partial charge in [0.25, 0.3) is 5.56 Å². The lowest BCUT2D eigenvalue weighted by Gasteiger charge is -2.07. The number of halogens is 3. The number of rotatable bonds is 1. The minimum absolute atomic E-state index is 0.123.